The molecule has 0 aromatic heterocycles. The summed E-state index contributed by atoms with van der Waals surface area (Å²) in [7, 11) is 0. The normalized spacial score (nSPS) is 18.1. The van der Waals surface area contributed by atoms with Gasteiger partial charge in [0, 0.05) is 10.0 Å². The Kier molecular flexibility index (Phi) is 6.65. The molecule has 1 atom stereocenters. The average molecular weight is 431 g/mol. The van der Waals surface area contributed by atoms with E-state index in [0.29, 0.717) is 22.4 Å². The molecule has 130 valence electrons. The Morgan fingerprint density at radius 2 is 2.17 bits per heavy atom. The summed E-state index contributed by atoms with van der Waals surface area (Å²) >= 11 is 10.0. The lowest BCUT2D eigenvalue weighted by molar-refractivity contribution is -0.125. The molecule has 0 radical (unpaired) electrons. The highest BCUT2D eigenvalue weighted by Gasteiger charge is 2.33. The summed E-state index contributed by atoms with van der Waals surface area (Å²) in [5.41, 5.74) is 0.773. The van der Waals surface area contributed by atoms with E-state index in [9.17, 15) is 4.79 Å². The molecule has 0 spiro atoms. The minimum absolute atomic E-state index is 0.0359. The van der Waals surface area contributed by atoms with Crippen LogP contribution in [0.4, 0.5) is 0 Å². The molecule has 24 heavy (non-hydrogen) atoms. The number of benzene rings is 1. The molecule has 5 nitrogen and oxygen atoms in total. The highest BCUT2D eigenvalue weighted by atomic mass is 79.9. The van der Waals surface area contributed by atoms with Gasteiger partial charge in [0.05, 0.1) is 24.2 Å². The van der Waals surface area contributed by atoms with Crippen molar-refractivity contribution in [3.63, 3.8) is 0 Å². The maximum Gasteiger partial charge on any atom is 0.261 e. The molecular weight excluding hydrogens is 412 g/mol. The predicted molar refractivity (Wildman–Crippen MR) is 105 cm³/mol. The van der Waals surface area contributed by atoms with E-state index in [1.54, 1.807) is 6.21 Å². The largest absolute Gasteiger partial charge is 0.490 e. The molecule has 1 aliphatic rings. The quantitative estimate of drug-likeness (QED) is 0.499. The van der Waals surface area contributed by atoms with Crippen LogP contribution in [0.1, 0.15) is 33.3 Å². The Labute approximate surface area is 159 Å². The van der Waals surface area contributed by atoms with E-state index in [2.05, 4.69) is 21.0 Å². The Morgan fingerprint density at radius 3 is 2.71 bits per heavy atom. The summed E-state index contributed by atoms with van der Waals surface area (Å²) in [4.78, 5) is 12.0. The molecule has 1 saturated heterocycles. The van der Waals surface area contributed by atoms with Crippen LogP contribution in [-0.4, -0.2) is 39.4 Å². The molecule has 1 amide bonds. The molecule has 1 aromatic rings. The molecular formula is C16H19BrN2O3S2. The number of amides is 1. The number of thiocarbonyl (C=S) groups is 1. The van der Waals surface area contributed by atoms with Crippen LogP contribution in [0, 0.1) is 0 Å². The lowest BCUT2D eigenvalue weighted by atomic mass is 10.2. The maximum absolute atomic E-state index is 12.0. The maximum atomic E-state index is 12.0. The van der Waals surface area contributed by atoms with Crippen LogP contribution in [-0.2, 0) is 4.79 Å². The monoisotopic (exact) mass is 430 g/mol. The Hall–Kier alpha value is -1.12. The van der Waals surface area contributed by atoms with Gasteiger partial charge in [0.15, 0.2) is 15.8 Å². The van der Waals surface area contributed by atoms with Gasteiger partial charge in [0.2, 0.25) is 0 Å². The van der Waals surface area contributed by atoms with Crippen molar-refractivity contribution in [2.45, 2.75) is 39.0 Å². The smallest absolute Gasteiger partial charge is 0.261 e. The van der Waals surface area contributed by atoms with Crippen molar-refractivity contribution < 1.29 is 14.3 Å². The van der Waals surface area contributed by atoms with E-state index in [0.717, 1.165) is 10.0 Å². The van der Waals surface area contributed by atoms with Gasteiger partial charge in [-0.2, -0.15) is 10.1 Å². The number of nitrogens with zero attached hydrogens (tertiary/aromatic N) is 2. The van der Waals surface area contributed by atoms with Crippen LogP contribution in [0.5, 0.6) is 11.5 Å². The fourth-order valence-corrected chi connectivity index (χ4v) is 3.74. The van der Waals surface area contributed by atoms with Crippen LogP contribution in [0.15, 0.2) is 21.7 Å². The second-order valence-corrected chi connectivity index (χ2v) is 8.17. The van der Waals surface area contributed by atoms with Crippen molar-refractivity contribution >= 4 is 56.4 Å². The Balaban J connectivity index is 2.30. The lowest BCUT2D eigenvalue weighted by Gasteiger charge is -2.16. The molecule has 0 N–H and O–H groups in total. The average Bonchev–Trinajstić information content (AvgIpc) is 2.73. The van der Waals surface area contributed by atoms with Crippen molar-refractivity contribution in [1.29, 1.82) is 0 Å². The number of hydrogen-bond donors (Lipinski definition) is 0. The third-order valence-corrected chi connectivity index (χ3v) is 5.12. The van der Waals surface area contributed by atoms with Gasteiger partial charge in [0.25, 0.3) is 5.91 Å². The fraction of sp³-hybridized carbons (Fsp3) is 0.438. The number of thioether (sulfide) groups is 1. The third kappa shape index (κ3) is 4.49. The van der Waals surface area contributed by atoms with Gasteiger partial charge in [-0.05, 0) is 55.8 Å². The zero-order valence-corrected chi connectivity index (χ0v) is 17.1. The summed E-state index contributed by atoms with van der Waals surface area (Å²) < 4.78 is 12.7. The van der Waals surface area contributed by atoms with E-state index in [1.165, 1.54) is 16.8 Å². The van der Waals surface area contributed by atoms with Gasteiger partial charge in [0.1, 0.15) is 0 Å². The van der Waals surface area contributed by atoms with Crippen molar-refractivity contribution in [2.75, 3.05) is 6.61 Å². The SMILES string of the molecule is CCOc1cc(/C=N\N2C(=O)[C@@H](C)SC2=S)c(Br)cc1OC(C)C. The van der Waals surface area contributed by atoms with E-state index in [-0.39, 0.29) is 17.3 Å². The number of carbonyl (C=O) groups excluding carboxylic acids is 1. The van der Waals surface area contributed by atoms with E-state index < -0.39 is 0 Å². The molecule has 1 heterocycles. The van der Waals surface area contributed by atoms with E-state index in [1.807, 2.05) is 39.8 Å². The van der Waals surface area contributed by atoms with Crippen LogP contribution in [0.3, 0.4) is 0 Å². The number of ether oxygens (including phenoxy) is 2. The van der Waals surface area contributed by atoms with Crippen LogP contribution >= 0.6 is 39.9 Å². The van der Waals surface area contributed by atoms with Crippen molar-refractivity contribution in [3.05, 3.63) is 22.2 Å². The standard InChI is InChI=1S/C16H19BrN2O3S2/c1-5-21-13-6-11(12(17)7-14(13)22-9(2)3)8-18-19-15(20)10(4)24-16(19)23/h6-10H,5H2,1-4H3/b18-8-/t10-/m1/s1. The van der Waals surface area contributed by atoms with Crippen LogP contribution in [0.2, 0.25) is 0 Å². The minimum Gasteiger partial charge on any atom is -0.490 e. The highest BCUT2D eigenvalue weighted by molar-refractivity contribution is 9.10. The number of hydrazone groups is 1. The molecule has 1 fully saturated rings. The molecule has 0 aliphatic carbocycles. The van der Waals surface area contributed by atoms with Crippen molar-refractivity contribution in [3.8, 4) is 11.5 Å². The zero-order valence-electron chi connectivity index (χ0n) is 13.9. The molecule has 0 saturated carbocycles. The van der Waals surface area contributed by atoms with Crippen molar-refractivity contribution in [1.82, 2.24) is 5.01 Å². The van der Waals surface area contributed by atoms with E-state index >= 15 is 0 Å². The lowest BCUT2D eigenvalue weighted by Crippen LogP contribution is -2.25. The summed E-state index contributed by atoms with van der Waals surface area (Å²) in [5, 5.41) is 5.29. The minimum atomic E-state index is -0.195. The number of rotatable bonds is 6. The molecule has 1 aliphatic heterocycles. The van der Waals surface area contributed by atoms with Gasteiger partial charge in [-0.1, -0.05) is 24.0 Å². The van der Waals surface area contributed by atoms with Gasteiger partial charge < -0.3 is 9.47 Å². The fourth-order valence-electron chi connectivity index (χ4n) is 2.00. The van der Waals surface area contributed by atoms with Crippen LogP contribution < -0.4 is 9.47 Å². The first kappa shape index (κ1) is 19.2. The summed E-state index contributed by atoms with van der Waals surface area (Å²) in [6.07, 6.45) is 1.63. The summed E-state index contributed by atoms with van der Waals surface area (Å²) in [6.45, 7) is 8.16. The van der Waals surface area contributed by atoms with Gasteiger partial charge in [-0.25, -0.2) is 0 Å². The molecule has 0 bridgehead atoms. The first-order valence-corrected chi connectivity index (χ1v) is 9.63. The second kappa shape index (κ2) is 8.31. The first-order valence-electron chi connectivity index (χ1n) is 7.55. The summed E-state index contributed by atoms with van der Waals surface area (Å²) in [6, 6.07) is 3.67. The first-order chi connectivity index (χ1) is 11.3. The predicted octanol–water partition coefficient (Wildman–Crippen LogP) is 4.22. The highest BCUT2D eigenvalue weighted by Crippen LogP contribution is 2.34. The molecule has 1 aromatic carbocycles. The van der Waals surface area contributed by atoms with Gasteiger partial charge in [-0.15, -0.1) is 0 Å². The number of hydrogen-bond acceptors (Lipinski definition) is 6. The van der Waals surface area contributed by atoms with Crippen molar-refractivity contribution in [2.24, 2.45) is 5.10 Å². The van der Waals surface area contributed by atoms with Crippen LogP contribution in [0.25, 0.3) is 0 Å². The third-order valence-electron chi connectivity index (χ3n) is 3.04. The van der Waals surface area contributed by atoms with Gasteiger partial charge in [-0.3, -0.25) is 4.79 Å². The van der Waals surface area contributed by atoms with E-state index in [4.69, 9.17) is 21.7 Å². The second-order valence-electron chi connectivity index (χ2n) is 5.34. The number of halogens is 1. The Bertz CT molecular complexity index is 680. The molecule has 2 rings (SSSR count). The van der Waals surface area contributed by atoms with Gasteiger partial charge >= 0.3 is 0 Å². The topological polar surface area (TPSA) is 51.1 Å². The molecule has 8 heteroatoms. The number of carbonyl (C=O) groups is 1. The Morgan fingerprint density at radius 1 is 1.46 bits per heavy atom. The summed E-state index contributed by atoms with van der Waals surface area (Å²) in [5.74, 6) is 1.18. The molecule has 0 unspecified atom stereocenters. The zero-order chi connectivity index (χ0) is 17.9.